The van der Waals surface area contributed by atoms with Gasteiger partial charge in [-0.3, -0.25) is 0 Å². The van der Waals surface area contributed by atoms with Crippen LogP contribution in [0.5, 0.6) is 0 Å². The summed E-state index contributed by atoms with van der Waals surface area (Å²) in [5.41, 5.74) is 2.11. The average Bonchev–Trinajstić information content (AvgIpc) is 2.45. The van der Waals surface area contributed by atoms with Gasteiger partial charge >= 0.3 is 6.03 Å². The predicted molar refractivity (Wildman–Crippen MR) is 75.6 cm³/mol. The number of hydrogen-bond donors (Lipinski definition) is 3. The first kappa shape index (κ1) is 15.1. The number of urea groups is 1. The smallest absolute Gasteiger partial charge is 0.316 e. The Balaban J connectivity index is 2.60. The molecule has 19 heavy (non-hydrogen) atoms. The van der Waals surface area contributed by atoms with Gasteiger partial charge in [0.2, 0.25) is 0 Å². The van der Waals surface area contributed by atoms with Crippen LogP contribution in [0.25, 0.3) is 0 Å². The van der Waals surface area contributed by atoms with E-state index in [1.807, 2.05) is 24.3 Å². The third kappa shape index (κ3) is 5.02. The van der Waals surface area contributed by atoms with Gasteiger partial charge in [0, 0.05) is 0 Å². The van der Waals surface area contributed by atoms with Crippen molar-refractivity contribution in [3.05, 3.63) is 35.4 Å². The molecule has 4 nitrogen and oxygen atoms in total. The molecule has 1 unspecified atom stereocenters. The number of aliphatic hydroxyl groups is 1. The fraction of sp³-hybridized carbons (Fsp3) is 0.400. The van der Waals surface area contributed by atoms with Gasteiger partial charge in [0.05, 0.1) is 19.2 Å². The second kappa shape index (κ2) is 8.17. The Morgan fingerprint density at radius 2 is 2.05 bits per heavy atom. The van der Waals surface area contributed by atoms with Crippen LogP contribution in [0.3, 0.4) is 0 Å². The van der Waals surface area contributed by atoms with E-state index in [1.54, 1.807) is 6.92 Å². The van der Waals surface area contributed by atoms with E-state index in [4.69, 9.17) is 0 Å². The van der Waals surface area contributed by atoms with Crippen molar-refractivity contribution in [3.63, 3.8) is 0 Å². The van der Waals surface area contributed by atoms with Gasteiger partial charge in [0.25, 0.3) is 0 Å². The van der Waals surface area contributed by atoms with Crippen molar-refractivity contribution < 1.29 is 9.90 Å². The largest absolute Gasteiger partial charge is 0.394 e. The molecule has 102 valence electrons. The summed E-state index contributed by atoms with van der Waals surface area (Å²) in [5, 5.41) is 14.7. The van der Waals surface area contributed by atoms with E-state index in [2.05, 4.69) is 29.4 Å². The normalized spacial score (nSPS) is 11.1. The highest BCUT2D eigenvalue weighted by Crippen LogP contribution is 2.13. The van der Waals surface area contributed by atoms with Crippen molar-refractivity contribution >= 4 is 6.03 Å². The molecule has 1 aromatic rings. The van der Waals surface area contributed by atoms with Crippen LogP contribution in [0.1, 0.15) is 31.0 Å². The Bertz CT molecular complexity index is 457. The Hall–Kier alpha value is -1.99. The van der Waals surface area contributed by atoms with E-state index in [9.17, 15) is 9.90 Å². The van der Waals surface area contributed by atoms with Crippen LogP contribution >= 0.6 is 0 Å². The van der Waals surface area contributed by atoms with Gasteiger partial charge in [-0.25, -0.2) is 4.79 Å². The van der Waals surface area contributed by atoms with E-state index in [-0.39, 0.29) is 12.6 Å². The lowest BCUT2D eigenvalue weighted by atomic mass is 10.0. The summed E-state index contributed by atoms with van der Waals surface area (Å²) in [6, 6.07) is 7.11. The van der Waals surface area contributed by atoms with Crippen LogP contribution in [0.4, 0.5) is 4.79 Å². The Kier molecular flexibility index (Phi) is 6.48. The van der Waals surface area contributed by atoms with Crippen LogP contribution in [0.15, 0.2) is 24.3 Å². The number of hydrogen-bond acceptors (Lipinski definition) is 2. The number of aliphatic hydroxyl groups excluding tert-OH is 1. The van der Waals surface area contributed by atoms with Crippen molar-refractivity contribution in [2.24, 2.45) is 0 Å². The summed E-state index contributed by atoms with van der Waals surface area (Å²) in [6.45, 7) is 3.96. The highest BCUT2D eigenvalue weighted by atomic mass is 16.3. The van der Waals surface area contributed by atoms with Crippen LogP contribution in [-0.4, -0.2) is 24.3 Å². The van der Waals surface area contributed by atoms with Gasteiger partial charge in [-0.2, -0.15) is 0 Å². The second-order valence-electron chi connectivity index (χ2n) is 4.08. The number of nitrogens with one attached hydrogen (secondary N) is 2. The molecule has 0 saturated heterocycles. The Labute approximate surface area is 114 Å². The van der Waals surface area contributed by atoms with Gasteiger partial charge in [-0.05, 0) is 24.5 Å². The molecule has 3 N–H and O–H groups in total. The average molecular weight is 260 g/mol. The maximum Gasteiger partial charge on any atom is 0.316 e. The zero-order valence-electron chi connectivity index (χ0n) is 11.4. The van der Waals surface area contributed by atoms with Crippen molar-refractivity contribution in [2.75, 3.05) is 13.2 Å². The van der Waals surface area contributed by atoms with Crippen LogP contribution < -0.4 is 10.6 Å². The van der Waals surface area contributed by atoms with E-state index in [0.29, 0.717) is 6.54 Å². The molecule has 2 amide bonds. The Morgan fingerprint density at radius 1 is 1.37 bits per heavy atom. The summed E-state index contributed by atoms with van der Waals surface area (Å²) >= 11 is 0. The molecule has 0 aliphatic heterocycles. The third-order valence-corrected chi connectivity index (χ3v) is 2.79. The molecule has 0 radical (unpaired) electrons. The lowest BCUT2D eigenvalue weighted by Crippen LogP contribution is -2.39. The summed E-state index contributed by atoms with van der Waals surface area (Å²) in [5.74, 6) is 5.43. The zero-order chi connectivity index (χ0) is 14.1. The third-order valence-electron chi connectivity index (χ3n) is 2.79. The molecule has 0 bridgehead atoms. The monoisotopic (exact) mass is 260 g/mol. The lowest BCUT2D eigenvalue weighted by Gasteiger charge is -2.17. The van der Waals surface area contributed by atoms with E-state index < -0.39 is 6.04 Å². The fourth-order valence-corrected chi connectivity index (χ4v) is 1.64. The number of aryl methyl sites for hydroxylation is 1. The summed E-state index contributed by atoms with van der Waals surface area (Å²) in [4.78, 5) is 11.6. The molecule has 0 aromatic heterocycles. The van der Waals surface area contributed by atoms with Crippen molar-refractivity contribution in [3.8, 4) is 11.8 Å². The second-order valence-corrected chi connectivity index (χ2v) is 4.08. The van der Waals surface area contributed by atoms with E-state index >= 15 is 0 Å². The molecular weight excluding hydrogens is 240 g/mol. The van der Waals surface area contributed by atoms with Crippen LogP contribution in [0, 0.1) is 11.8 Å². The zero-order valence-corrected chi connectivity index (χ0v) is 11.4. The van der Waals surface area contributed by atoms with Crippen LogP contribution in [0.2, 0.25) is 0 Å². The number of amides is 2. The Morgan fingerprint density at radius 3 is 2.58 bits per heavy atom. The van der Waals surface area contributed by atoms with Gasteiger partial charge < -0.3 is 15.7 Å². The number of carbonyl (C=O) groups excluding carboxylic acids is 1. The fourth-order valence-electron chi connectivity index (χ4n) is 1.64. The van der Waals surface area contributed by atoms with Crippen molar-refractivity contribution in [2.45, 2.75) is 26.3 Å². The van der Waals surface area contributed by atoms with Gasteiger partial charge in [-0.15, -0.1) is 5.92 Å². The number of benzene rings is 1. The van der Waals surface area contributed by atoms with Crippen molar-refractivity contribution in [1.82, 2.24) is 10.6 Å². The number of carbonyl (C=O) groups is 1. The molecule has 4 heteroatoms. The minimum atomic E-state index is -0.402. The first-order chi connectivity index (χ1) is 9.21. The maximum absolute atomic E-state index is 11.6. The van der Waals surface area contributed by atoms with Gasteiger partial charge in [-0.1, -0.05) is 37.1 Å². The first-order valence-electron chi connectivity index (χ1n) is 6.35. The molecule has 0 aliphatic rings. The van der Waals surface area contributed by atoms with Gasteiger partial charge in [0.15, 0.2) is 0 Å². The number of rotatable bonds is 5. The molecule has 0 heterocycles. The van der Waals surface area contributed by atoms with Crippen LogP contribution in [-0.2, 0) is 6.42 Å². The van der Waals surface area contributed by atoms with Crippen molar-refractivity contribution in [1.29, 1.82) is 0 Å². The maximum atomic E-state index is 11.6. The molecule has 0 spiro atoms. The summed E-state index contributed by atoms with van der Waals surface area (Å²) < 4.78 is 0. The minimum Gasteiger partial charge on any atom is -0.394 e. The van der Waals surface area contributed by atoms with Gasteiger partial charge in [0.1, 0.15) is 0 Å². The predicted octanol–water partition coefficient (Wildman–Crippen LogP) is 1.60. The molecule has 0 fully saturated rings. The minimum absolute atomic E-state index is 0.141. The molecule has 1 aromatic carbocycles. The quantitative estimate of drug-likeness (QED) is 0.704. The molecule has 1 atom stereocenters. The van der Waals surface area contributed by atoms with E-state index in [0.717, 1.165) is 12.0 Å². The highest BCUT2D eigenvalue weighted by molar-refractivity contribution is 5.74. The highest BCUT2D eigenvalue weighted by Gasteiger charge is 2.12. The topological polar surface area (TPSA) is 61.4 Å². The SMILES string of the molecule is CC#CCNC(=O)NC(CO)c1ccc(CC)cc1. The molecular formula is C15H20N2O2. The summed E-state index contributed by atoms with van der Waals surface area (Å²) in [7, 11) is 0. The molecule has 0 saturated carbocycles. The molecule has 1 rings (SSSR count). The molecule has 0 aliphatic carbocycles. The summed E-state index contributed by atoms with van der Waals surface area (Å²) in [6.07, 6.45) is 0.966. The van der Waals surface area contributed by atoms with E-state index in [1.165, 1.54) is 5.56 Å². The lowest BCUT2D eigenvalue weighted by molar-refractivity contribution is 0.218. The standard InChI is InChI=1S/C15H20N2O2/c1-3-5-10-16-15(19)17-14(11-18)13-8-6-12(4-2)7-9-13/h6-9,14,18H,4,10-11H2,1-2H3,(H2,16,17,19). The first-order valence-corrected chi connectivity index (χ1v) is 6.35.